The molecule has 0 atom stereocenters. The number of carbonyl (C=O) groups excluding carboxylic acids is 1. The molecule has 0 saturated carbocycles. The fraction of sp³-hybridized carbons (Fsp3) is 0.0556. The molecule has 4 nitrogen and oxygen atoms in total. The van der Waals surface area contributed by atoms with Crippen molar-refractivity contribution in [3.63, 3.8) is 0 Å². The number of hydrogen-bond donors (Lipinski definition) is 1. The molecular formula is C18H13ClN2O2. The first-order valence-corrected chi connectivity index (χ1v) is 7.55. The van der Waals surface area contributed by atoms with E-state index in [-0.39, 0.29) is 0 Å². The number of carbonyl (C=O) groups is 1. The van der Waals surface area contributed by atoms with Crippen molar-refractivity contribution in [2.75, 3.05) is 0 Å². The summed E-state index contributed by atoms with van der Waals surface area (Å²) in [4.78, 5) is 11.8. The van der Waals surface area contributed by atoms with E-state index in [1.54, 1.807) is 12.3 Å². The number of nitrogens with two attached hydrogens (primary N) is 1. The van der Waals surface area contributed by atoms with Crippen molar-refractivity contribution >= 4 is 39.3 Å². The third kappa shape index (κ3) is 2.19. The highest BCUT2D eigenvalue weighted by molar-refractivity contribution is 6.31. The number of furan rings is 1. The Morgan fingerprint density at radius 1 is 1.13 bits per heavy atom. The Bertz CT molecular complexity index is 1030. The minimum Gasteiger partial charge on any atom is -0.467 e. The van der Waals surface area contributed by atoms with Crippen LogP contribution in [0.2, 0.25) is 5.02 Å². The van der Waals surface area contributed by atoms with Gasteiger partial charge in [-0.3, -0.25) is 4.79 Å². The van der Waals surface area contributed by atoms with Crippen LogP contribution < -0.4 is 5.73 Å². The molecule has 0 unspecified atom stereocenters. The predicted octanol–water partition coefficient (Wildman–Crippen LogP) is 4.19. The number of benzene rings is 2. The molecule has 0 bridgehead atoms. The van der Waals surface area contributed by atoms with Gasteiger partial charge in [0.05, 0.1) is 23.8 Å². The van der Waals surface area contributed by atoms with E-state index in [4.69, 9.17) is 21.8 Å². The first-order chi connectivity index (χ1) is 11.1. The molecule has 2 aromatic heterocycles. The molecule has 0 spiro atoms. The van der Waals surface area contributed by atoms with Crippen molar-refractivity contribution in [3.8, 4) is 0 Å². The maximum atomic E-state index is 11.8. The Balaban J connectivity index is 2.11. The number of aromatic nitrogens is 1. The summed E-state index contributed by atoms with van der Waals surface area (Å²) in [5.74, 6) is 0.385. The van der Waals surface area contributed by atoms with E-state index in [0.29, 0.717) is 17.1 Å². The number of fused-ring (bicyclic) bond motifs is 3. The molecule has 2 heterocycles. The molecule has 2 N–H and O–H groups in total. The fourth-order valence-electron chi connectivity index (χ4n) is 3.05. The minimum absolute atomic E-state index is 0.442. The average Bonchev–Trinajstić information content (AvgIpc) is 3.14. The Morgan fingerprint density at radius 3 is 2.74 bits per heavy atom. The maximum absolute atomic E-state index is 11.8. The molecule has 2 aromatic carbocycles. The third-order valence-electron chi connectivity index (χ3n) is 4.01. The van der Waals surface area contributed by atoms with Gasteiger partial charge in [0, 0.05) is 21.4 Å². The van der Waals surface area contributed by atoms with Gasteiger partial charge in [-0.15, -0.1) is 0 Å². The quantitative estimate of drug-likeness (QED) is 0.614. The maximum Gasteiger partial charge on any atom is 0.249 e. The van der Waals surface area contributed by atoms with Gasteiger partial charge >= 0.3 is 0 Å². The standard InChI is InChI=1S/C18H13ClN2O2/c19-11-6-7-13-16(9-11)21(10-12-3-2-8-23-12)15-5-1-4-14(17(13)15)18(20)22/h1-9H,10H2,(H2,20,22). The van der Waals surface area contributed by atoms with Crippen LogP contribution in [-0.2, 0) is 6.54 Å². The summed E-state index contributed by atoms with van der Waals surface area (Å²) < 4.78 is 7.55. The third-order valence-corrected chi connectivity index (χ3v) is 4.25. The van der Waals surface area contributed by atoms with Crippen LogP contribution in [0.3, 0.4) is 0 Å². The number of rotatable bonds is 3. The van der Waals surface area contributed by atoms with Gasteiger partial charge < -0.3 is 14.7 Å². The van der Waals surface area contributed by atoms with Crippen molar-refractivity contribution in [1.82, 2.24) is 4.57 Å². The Hall–Kier alpha value is -2.72. The highest BCUT2D eigenvalue weighted by Gasteiger charge is 2.17. The lowest BCUT2D eigenvalue weighted by atomic mass is 10.1. The molecule has 0 aliphatic heterocycles. The summed E-state index contributed by atoms with van der Waals surface area (Å²) in [6.45, 7) is 0.551. The largest absolute Gasteiger partial charge is 0.467 e. The number of primary amides is 1. The summed E-state index contributed by atoms with van der Waals surface area (Å²) in [7, 11) is 0. The molecule has 0 radical (unpaired) electrons. The van der Waals surface area contributed by atoms with Crippen LogP contribution in [0, 0.1) is 0 Å². The Labute approximate surface area is 137 Å². The molecule has 0 aliphatic rings. The van der Waals surface area contributed by atoms with Gasteiger partial charge in [-0.05, 0) is 36.4 Å². The van der Waals surface area contributed by atoms with Crippen molar-refractivity contribution in [1.29, 1.82) is 0 Å². The van der Waals surface area contributed by atoms with Crippen LogP contribution in [0.4, 0.5) is 0 Å². The van der Waals surface area contributed by atoms with Crippen LogP contribution in [0.1, 0.15) is 16.1 Å². The van der Waals surface area contributed by atoms with Crippen molar-refractivity contribution < 1.29 is 9.21 Å². The highest BCUT2D eigenvalue weighted by Crippen LogP contribution is 2.33. The number of nitrogens with zero attached hydrogens (tertiary/aromatic N) is 1. The highest BCUT2D eigenvalue weighted by atomic mass is 35.5. The second-order valence-electron chi connectivity index (χ2n) is 5.39. The second-order valence-corrected chi connectivity index (χ2v) is 5.83. The summed E-state index contributed by atoms with van der Waals surface area (Å²) in [5.41, 5.74) is 7.93. The van der Waals surface area contributed by atoms with Gasteiger partial charge in [-0.1, -0.05) is 23.7 Å². The molecular weight excluding hydrogens is 312 g/mol. The van der Waals surface area contributed by atoms with E-state index in [1.165, 1.54) is 0 Å². The lowest BCUT2D eigenvalue weighted by Crippen LogP contribution is -2.11. The van der Waals surface area contributed by atoms with Crippen LogP contribution >= 0.6 is 11.6 Å². The summed E-state index contributed by atoms with van der Waals surface area (Å²) in [6, 6.07) is 15.0. The molecule has 4 rings (SSSR count). The van der Waals surface area contributed by atoms with Gasteiger partial charge in [0.1, 0.15) is 5.76 Å². The summed E-state index contributed by atoms with van der Waals surface area (Å²) in [6.07, 6.45) is 1.64. The van der Waals surface area contributed by atoms with E-state index >= 15 is 0 Å². The number of halogens is 1. The summed E-state index contributed by atoms with van der Waals surface area (Å²) >= 11 is 6.17. The molecule has 4 aromatic rings. The van der Waals surface area contributed by atoms with Crippen LogP contribution in [0.25, 0.3) is 21.8 Å². The van der Waals surface area contributed by atoms with Crippen molar-refractivity contribution in [2.45, 2.75) is 6.54 Å². The smallest absolute Gasteiger partial charge is 0.249 e. The molecule has 1 amide bonds. The average molecular weight is 325 g/mol. The minimum atomic E-state index is -0.442. The van der Waals surface area contributed by atoms with Gasteiger partial charge in [0.25, 0.3) is 0 Å². The van der Waals surface area contributed by atoms with Crippen molar-refractivity contribution in [3.05, 3.63) is 71.1 Å². The van der Waals surface area contributed by atoms with Crippen LogP contribution in [0.5, 0.6) is 0 Å². The first-order valence-electron chi connectivity index (χ1n) is 7.18. The normalized spacial score (nSPS) is 11.3. The van der Waals surface area contributed by atoms with Gasteiger partial charge in [-0.25, -0.2) is 0 Å². The van der Waals surface area contributed by atoms with Gasteiger partial charge in [-0.2, -0.15) is 0 Å². The van der Waals surface area contributed by atoms with Crippen molar-refractivity contribution in [2.24, 2.45) is 5.73 Å². The lowest BCUT2D eigenvalue weighted by Gasteiger charge is -2.06. The van der Waals surface area contributed by atoms with E-state index < -0.39 is 5.91 Å². The molecule has 0 aliphatic carbocycles. The first kappa shape index (κ1) is 13.9. The van der Waals surface area contributed by atoms with Gasteiger partial charge in [0.2, 0.25) is 5.91 Å². The van der Waals surface area contributed by atoms with Gasteiger partial charge in [0.15, 0.2) is 0 Å². The zero-order valence-corrected chi connectivity index (χ0v) is 12.9. The van der Waals surface area contributed by atoms with Crippen LogP contribution in [0.15, 0.2) is 59.2 Å². The number of amides is 1. The van der Waals surface area contributed by atoms with E-state index in [9.17, 15) is 4.79 Å². The molecule has 5 heteroatoms. The number of hydrogen-bond acceptors (Lipinski definition) is 2. The zero-order valence-electron chi connectivity index (χ0n) is 12.1. The monoisotopic (exact) mass is 324 g/mol. The Kier molecular flexibility index (Phi) is 3.13. The molecule has 0 fully saturated rings. The van der Waals surface area contributed by atoms with E-state index in [2.05, 4.69) is 4.57 Å². The van der Waals surface area contributed by atoms with Crippen LogP contribution in [-0.4, -0.2) is 10.5 Å². The SMILES string of the molecule is NC(=O)c1cccc2c1c1ccc(Cl)cc1n2Cc1ccco1. The van der Waals surface area contributed by atoms with E-state index in [0.717, 1.165) is 27.6 Å². The molecule has 23 heavy (non-hydrogen) atoms. The molecule has 114 valence electrons. The Morgan fingerprint density at radius 2 is 2.00 bits per heavy atom. The zero-order chi connectivity index (χ0) is 16.0. The predicted molar refractivity (Wildman–Crippen MR) is 90.8 cm³/mol. The molecule has 0 saturated heterocycles. The van der Waals surface area contributed by atoms with E-state index in [1.807, 2.05) is 42.5 Å². The topological polar surface area (TPSA) is 61.2 Å². The lowest BCUT2D eigenvalue weighted by molar-refractivity contribution is 0.100. The fourth-order valence-corrected chi connectivity index (χ4v) is 3.22. The summed E-state index contributed by atoms with van der Waals surface area (Å²) in [5, 5.41) is 2.44. The second kappa shape index (κ2) is 5.18.